The number of benzene rings is 1. The van der Waals surface area contributed by atoms with Crippen LogP contribution in [-0.4, -0.2) is 48.9 Å². The summed E-state index contributed by atoms with van der Waals surface area (Å²) in [5.41, 5.74) is 1.74. The molecule has 2 heterocycles. The molecule has 134 valence electrons. The molecule has 1 aromatic heterocycles. The molecule has 2 fully saturated rings. The number of pyridine rings is 1. The smallest absolute Gasteiger partial charge is 0.252 e. The summed E-state index contributed by atoms with van der Waals surface area (Å²) in [6, 6.07) is 10.3. The maximum atomic E-state index is 12.5. The van der Waals surface area contributed by atoms with Crippen molar-refractivity contribution in [2.24, 2.45) is 5.92 Å². The highest BCUT2D eigenvalue weighted by molar-refractivity contribution is 5.78. The summed E-state index contributed by atoms with van der Waals surface area (Å²) in [6.45, 7) is 2.99. The fraction of sp³-hybridized carbons (Fsp3) is 0.550. The highest BCUT2D eigenvalue weighted by Crippen LogP contribution is 2.34. The molecule has 5 nitrogen and oxygen atoms in total. The molecule has 0 amide bonds. The van der Waals surface area contributed by atoms with Crippen LogP contribution in [0.5, 0.6) is 0 Å². The maximum absolute atomic E-state index is 12.5. The SMILES string of the molecule is CO[C@@H]1CCC[C@@H]1[C@H]1COCCN1Cc1cc2ccccc2[nH]c1=O. The van der Waals surface area contributed by atoms with Crippen molar-refractivity contribution in [3.63, 3.8) is 0 Å². The maximum Gasteiger partial charge on any atom is 0.252 e. The van der Waals surface area contributed by atoms with Crippen LogP contribution in [0, 0.1) is 5.92 Å². The van der Waals surface area contributed by atoms with Crippen LogP contribution in [0.2, 0.25) is 0 Å². The number of hydrogen-bond donors (Lipinski definition) is 1. The summed E-state index contributed by atoms with van der Waals surface area (Å²) in [5.74, 6) is 0.491. The molecular weight excluding hydrogens is 316 g/mol. The van der Waals surface area contributed by atoms with Crippen LogP contribution in [0.3, 0.4) is 0 Å². The van der Waals surface area contributed by atoms with E-state index < -0.39 is 0 Å². The summed E-state index contributed by atoms with van der Waals surface area (Å²) >= 11 is 0. The van der Waals surface area contributed by atoms with Gasteiger partial charge >= 0.3 is 0 Å². The van der Waals surface area contributed by atoms with E-state index in [1.807, 2.05) is 37.4 Å². The summed E-state index contributed by atoms with van der Waals surface area (Å²) in [7, 11) is 1.81. The van der Waals surface area contributed by atoms with E-state index in [9.17, 15) is 4.79 Å². The van der Waals surface area contributed by atoms with E-state index in [-0.39, 0.29) is 5.56 Å². The van der Waals surface area contributed by atoms with Gasteiger partial charge in [0.1, 0.15) is 0 Å². The molecule has 1 N–H and O–H groups in total. The molecule has 1 aliphatic heterocycles. The second kappa shape index (κ2) is 7.28. The fourth-order valence-electron chi connectivity index (χ4n) is 4.46. The Morgan fingerprint density at radius 1 is 1.32 bits per heavy atom. The van der Waals surface area contributed by atoms with Crippen LogP contribution in [0.4, 0.5) is 0 Å². The second-order valence-corrected chi connectivity index (χ2v) is 7.19. The van der Waals surface area contributed by atoms with Crippen molar-refractivity contribution in [3.05, 3.63) is 46.2 Å². The molecule has 0 radical (unpaired) electrons. The van der Waals surface area contributed by atoms with Gasteiger partial charge in [-0.25, -0.2) is 0 Å². The highest BCUT2D eigenvalue weighted by atomic mass is 16.5. The Balaban J connectivity index is 1.59. The number of ether oxygens (including phenoxy) is 2. The van der Waals surface area contributed by atoms with Crippen LogP contribution in [0.15, 0.2) is 35.1 Å². The number of H-pyrrole nitrogens is 1. The Bertz CT molecular complexity index is 788. The van der Waals surface area contributed by atoms with E-state index in [1.165, 1.54) is 12.8 Å². The van der Waals surface area contributed by atoms with Crippen LogP contribution >= 0.6 is 0 Å². The molecule has 2 aliphatic rings. The van der Waals surface area contributed by atoms with Crippen LogP contribution < -0.4 is 5.56 Å². The molecule has 1 aromatic carbocycles. The van der Waals surface area contributed by atoms with Crippen molar-refractivity contribution < 1.29 is 9.47 Å². The average Bonchev–Trinajstić information content (AvgIpc) is 3.11. The Morgan fingerprint density at radius 2 is 2.20 bits per heavy atom. The summed E-state index contributed by atoms with van der Waals surface area (Å²) in [4.78, 5) is 18.0. The Kier molecular flexibility index (Phi) is 4.88. The predicted molar refractivity (Wildman–Crippen MR) is 97.7 cm³/mol. The topological polar surface area (TPSA) is 54.6 Å². The minimum Gasteiger partial charge on any atom is -0.381 e. The van der Waals surface area contributed by atoms with Crippen LogP contribution in [0.25, 0.3) is 10.9 Å². The summed E-state index contributed by atoms with van der Waals surface area (Å²) in [5, 5.41) is 1.08. The molecule has 1 saturated heterocycles. The number of aromatic amines is 1. The zero-order valence-corrected chi connectivity index (χ0v) is 14.7. The second-order valence-electron chi connectivity index (χ2n) is 7.19. The molecule has 0 unspecified atom stereocenters. The average molecular weight is 342 g/mol. The third kappa shape index (κ3) is 3.36. The van der Waals surface area contributed by atoms with E-state index in [2.05, 4.69) is 9.88 Å². The number of hydrogen-bond acceptors (Lipinski definition) is 4. The number of morpholine rings is 1. The van der Waals surface area contributed by atoms with E-state index in [0.29, 0.717) is 24.6 Å². The Morgan fingerprint density at radius 3 is 3.08 bits per heavy atom. The van der Waals surface area contributed by atoms with Gasteiger partial charge in [0.05, 0.1) is 19.3 Å². The lowest BCUT2D eigenvalue weighted by Gasteiger charge is -2.40. The number of aromatic nitrogens is 1. The predicted octanol–water partition coefficient (Wildman–Crippen LogP) is 2.54. The van der Waals surface area contributed by atoms with Crippen molar-refractivity contribution in [3.8, 4) is 0 Å². The van der Waals surface area contributed by atoms with Gasteiger partial charge in [-0.15, -0.1) is 0 Å². The van der Waals surface area contributed by atoms with Crippen molar-refractivity contribution in [2.45, 2.75) is 38.0 Å². The molecule has 25 heavy (non-hydrogen) atoms. The van der Waals surface area contributed by atoms with Gasteiger partial charge in [-0.1, -0.05) is 24.6 Å². The van der Waals surface area contributed by atoms with Crippen molar-refractivity contribution in [1.29, 1.82) is 0 Å². The number of rotatable bonds is 4. The first-order valence-electron chi connectivity index (χ1n) is 9.22. The van der Waals surface area contributed by atoms with Gasteiger partial charge in [0.15, 0.2) is 0 Å². The normalized spacial score (nSPS) is 27.8. The molecule has 4 rings (SSSR count). The third-order valence-electron chi connectivity index (χ3n) is 5.78. The van der Waals surface area contributed by atoms with Gasteiger partial charge < -0.3 is 14.5 Å². The first kappa shape index (κ1) is 16.8. The number of fused-ring (bicyclic) bond motifs is 1. The molecule has 1 saturated carbocycles. The van der Waals surface area contributed by atoms with Gasteiger partial charge in [0, 0.05) is 43.2 Å². The first-order chi connectivity index (χ1) is 12.3. The van der Waals surface area contributed by atoms with E-state index in [0.717, 1.165) is 42.6 Å². The molecule has 2 aromatic rings. The Hall–Kier alpha value is -1.69. The quantitative estimate of drug-likeness (QED) is 0.928. The van der Waals surface area contributed by atoms with Crippen LogP contribution in [-0.2, 0) is 16.0 Å². The number of nitrogens with zero attached hydrogens (tertiary/aromatic N) is 1. The standard InChI is InChI=1S/C20H26N2O3/c1-24-19-8-4-6-16(19)18-13-25-10-9-22(18)12-15-11-14-5-2-3-7-17(14)21-20(15)23/h2-3,5,7,11,16,18-19H,4,6,8-10,12-13H2,1H3,(H,21,23)/t16-,18-,19-/m1/s1. The lowest BCUT2D eigenvalue weighted by atomic mass is 9.93. The molecular formula is C20H26N2O3. The summed E-state index contributed by atoms with van der Waals surface area (Å²) in [6.07, 6.45) is 3.83. The summed E-state index contributed by atoms with van der Waals surface area (Å²) < 4.78 is 11.5. The molecule has 5 heteroatoms. The van der Waals surface area contributed by atoms with Crippen molar-refractivity contribution in [1.82, 2.24) is 9.88 Å². The largest absolute Gasteiger partial charge is 0.381 e. The third-order valence-corrected chi connectivity index (χ3v) is 5.78. The first-order valence-corrected chi connectivity index (χ1v) is 9.22. The van der Waals surface area contributed by atoms with Crippen LogP contribution in [0.1, 0.15) is 24.8 Å². The zero-order valence-electron chi connectivity index (χ0n) is 14.7. The van der Waals surface area contributed by atoms with Crippen molar-refractivity contribution in [2.75, 3.05) is 26.9 Å². The van der Waals surface area contributed by atoms with Gasteiger partial charge in [0.2, 0.25) is 0 Å². The van der Waals surface area contributed by atoms with Crippen molar-refractivity contribution >= 4 is 10.9 Å². The Labute approximate surface area is 147 Å². The van der Waals surface area contributed by atoms with Gasteiger partial charge in [-0.2, -0.15) is 0 Å². The van der Waals surface area contributed by atoms with Gasteiger partial charge in [-0.05, 0) is 30.4 Å². The molecule has 0 spiro atoms. The van der Waals surface area contributed by atoms with E-state index >= 15 is 0 Å². The molecule has 0 bridgehead atoms. The zero-order chi connectivity index (χ0) is 17.2. The van der Waals surface area contributed by atoms with E-state index in [4.69, 9.17) is 9.47 Å². The highest BCUT2D eigenvalue weighted by Gasteiger charge is 2.38. The fourth-order valence-corrected chi connectivity index (χ4v) is 4.46. The number of nitrogens with one attached hydrogen (secondary N) is 1. The molecule has 3 atom stereocenters. The number of para-hydroxylation sites is 1. The minimum atomic E-state index is 0.0126. The van der Waals surface area contributed by atoms with Gasteiger partial charge in [-0.3, -0.25) is 9.69 Å². The lowest BCUT2D eigenvalue weighted by molar-refractivity contribution is -0.0609. The van der Waals surface area contributed by atoms with Gasteiger partial charge in [0.25, 0.3) is 5.56 Å². The monoisotopic (exact) mass is 342 g/mol. The van der Waals surface area contributed by atoms with E-state index in [1.54, 1.807) is 0 Å². The number of methoxy groups -OCH3 is 1. The minimum absolute atomic E-state index is 0.0126. The molecule has 1 aliphatic carbocycles. The lowest BCUT2D eigenvalue weighted by Crippen LogP contribution is -2.51.